The van der Waals surface area contributed by atoms with Gasteiger partial charge in [0.25, 0.3) is 5.91 Å². The molecule has 19 heavy (non-hydrogen) atoms. The monoisotopic (exact) mass is 266 g/mol. The fraction of sp³-hybridized carbons (Fsp3) is 0.692. The second kappa shape index (κ2) is 5.21. The van der Waals surface area contributed by atoms with Crippen molar-refractivity contribution >= 4 is 11.6 Å². The highest BCUT2D eigenvalue weighted by Crippen LogP contribution is 2.24. The number of hydrogen-bond donors (Lipinski definition) is 3. The Morgan fingerprint density at radius 2 is 2.11 bits per heavy atom. The van der Waals surface area contributed by atoms with E-state index in [0.717, 1.165) is 18.5 Å². The first-order valence-corrected chi connectivity index (χ1v) is 6.67. The van der Waals surface area contributed by atoms with E-state index in [4.69, 9.17) is 10.5 Å². The molecule has 0 radical (unpaired) electrons. The summed E-state index contributed by atoms with van der Waals surface area (Å²) in [6.45, 7) is 7.38. The van der Waals surface area contributed by atoms with Gasteiger partial charge in [0.1, 0.15) is 0 Å². The fourth-order valence-electron chi connectivity index (χ4n) is 2.26. The van der Waals surface area contributed by atoms with Crippen LogP contribution in [0.2, 0.25) is 0 Å². The van der Waals surface area contributed by atoms with E-state index in [1.165, 1.54) is 0 Å². The van der Waals surface area contributed by atoms with Crippen LogP contribution in [-0.4, -0.2) is 34.9 Å². The molecule has 1 fully saturated rings. The molecule has 6 nitrogen and oxygen atoms in total. The van der Waals surface area contributed by atoms with Gasteiger partial charge in [-0.3, -0.25) is 9.89 Å². The Labute approximate surface area is 113 Å². The van der Waals surface area contributed by atoms with Crippen LogP contribution in [0.25, 0.3) is 0 Å². The number of carbonyl (C=O) groups is 1. The SMILES string of the molecule is CC(C)c1[nH]nc(C(=O)NC2(C)CCOCC2)c1N. The lowest BCUT2D eigenvalue weighted by Crippen LogP contribution is -2.49. The molecule has 106 valence electrons. The molecule has 0 unspecified atom stereocenters. The van der Waals surface area contributed by atoms with Crippen molar-refractivity contribution in [2.75, 3.05) is 18.9 Å². The molecule has 0 spiro atoms. The number of aromatic nitrogens is 2. The maximum Gasteiger partial charge on any atom is 0.274 e. The smallest absolute Gasteiger partial charge is 0.274 e. The molecule has 0 saturated carbocycles. The number of ether oxygens (including phenoxy) is 1. The van der Waals surface area contributed by atoms with Crippen LogP contribution in [0.5, 0.6) is 0 Å². The maximum absolute atomic E-state index is 12.3. The lowest BCUT2D eigenvalue weighted by molar-refractivity contribution is 0.0421. The van der Waals surface area contributed by atoms with Gasteiger partial charge in [-0.05, 0) is 25.7 Å². The molecule has 0 aromatic carbocycles. The van der Waals surface area contributed by atoms with Crippen LogP contribution in [-0.2, 0) is 4.74 Å². The first-order valence-electron chi connectivity index (χ1n) is 6.67. The molecule has 0 aliphatic carbocycles. The van der Waals surface area contributed by atoms with Gasteiger partial charge in [0.2, 0.25) is 0 Å². The molecule has 1 amide bonds. The molecule has 2 heterocycles. The van der Waals surface area contributed by atoms with Crippen LogP contribution in [0.3, 0.4) is 0 Å². The quantitative estimate of drug-likeness (QED) is 0.771. The minimum absolute atomic E-state index is 0.215. The van der Waals surface area contributed by atoms with Crippen LogP contribution in [0.15, 0.2) is 0 Å². The van der Waals surface area contributed by atoms with Gasteiger partial charge in [-0.1, -0.05) is 13.8 Å². The first-order chi connectivity index (χ1) is 8.93. The Balaban J connectivity index is 2.11. The Morgan fingerprint density at radius 1 is 1.47 bits per heavy atom. The summed E-state index contributed by atoms with van der Waals surface area (Å²) in [7, 11) is 0. The second-order valence-corrected chi connectivity index (χ2v) is 5.68. The number of rotatable bonds is 3. The van der Waals surface area contributed by atoms with E-state index in [1.807, 2.05) is 20.8 Å². The molecule has 1 saturated heterocycles. The summed E-state index contributed by atoms with van der Waals surface area (Å²) < 4.78 is 5.31. The normalized spacial score (nSPS) is 18.5. The summed E-state index contributed by atoms with van der Waals surface area (Å²) in [6.07, 6.45) is 1.61. The summed E-state index contributed by atoms with van der Waals surface area (Å²) >= 11 is 0. The number of hydrogen-bond acceptors (Lipinski definition) is 4. The van der Waals surface area contributed by atoms with E-state index in [9.17, 15) is 4.79 Å². The van der Waals surface area contributed by atoms with Gasteiger partial charge in [-0.15, -0.1) is 0 Å². The summed E-state index contributed by atoms with van der Waals surface area (Å²) in [5, 5.41) is 9.91. The van der Waals surface area contributed by atoms with Crippen molar-refractivity contribution in [3.8, 4) is 0 Å². The average Bonchev–Trinajstić information content (AvgIpc) is 2.71. The minimum atomic E-state index is -0.237. The van der Waals surface area contributed by atoms with Gasteiger partial charge in [0.05, 0.1) is 11.4 Å². The third-order valence-corrected chi connectivity index (χ3v) is 3.64. The van der Waals surface area contributed by atoms with Crippen LogP contribution in [0, 0.1) is 0 Å². The van der Waals surface area contributed by atoms with Crippen molar-refractivity contribution in [2.24, 2.45) is 0 Å². The maximum atomic E-state index is 12.3. The van der Waals surface area contributed by atoms with E-state index >= 15 is 0 Å². The lowest BCUT2D eigenvalue weighted by Gasteiger charge is -2.34. The predicted octanol–water partition coefficient (Wildman–Crippen LogP) is 1.41. The molecule has 1 aromatic heterocycles. The van der Waals surface area contributed by atoms with Gasteiger partial charge < -0.3 is 15.8 Å². The molecule has 0 atom stereocenters. The molecule has 0 bridgehead atoms. The molecule has 2 rings (SSSR count). The summed E-state index contributed by atoms with van der Waals surface area (Å²) in [6, 6.07) is 0. The Morgan fingerprint density at radius 3 is 2.63 bits per heavy atom. The Kier molecular flexibility index (Phi) is 3.80. The average molecular weight is 266 g/mol. The van der Waals surface area contributed by atoms with E-state index < -0.39 is 0 Å². The third-order valence-electron chi connectivity index (χ3n) is 3.64. The van der Waals surface area contributed by atoms with Crippen LogP contribution < -0.4 is 11.1 Å². The van der Waals surface area contributed by atoms with Crippen LogP contribution in [0.1, 0.15) is 55.7 Å². The van der Waals surface area contributed by atoms with Crippen molar-refractivity contribution in [3.63, 3.8) is 0 Å². The standard InChI is InChI=1S/C13H22N4O2/c1-8(2)10-9(14)11(17-16-10)12(18)15-13(3)4-6-19-7-5-13/h8H,4-7,14H2,1-3H3,(H,15,18)(H,16,17). The number of H-pyrrole nitrogens is 1. The Bertz CT molecular complexity index is 461. The molecule has 1 aliphatic rings. The molecule has 6 heteroatoms. The predicted molar refractivity (Wildman–Crippen MR) is 73.0 cm³/mol. The van der Waals surface area contributed by atoms with E-state index in [1.54, 1.807) is 0 Å². The van der Waals surface area contributed by atoms with E-state index in [2.05, 4.69) is 15.5 Å². The zero-order chi connectivity index (χ0) is 14.0. The van der Waals surface area contributed by atoms with Gasteiger partial charge in [-0.25, -0.2) is 0 Å². The highest BCUT2D eigenvalue weighted by Gasteiger charge is 2.31. The summed E-state index contributed by atoms with van der Waals surface area (Å²) in [4.78, 5) is 12.3. The summed E-state index contributed by atoms with van der Waals surface area (Å²) in [5.41, 5.74) is 7.28. The van der Waals surface area contributed by atoms with Crippen molar-refractivity contribution in [1.29, 1.82) is 0 Å². The van der Waals surface area contributed by atoms with Gasteiger partial charge in [0, 0.05) is 18.8 Å². The van der Waals surface area contributed by atoms with Crippen molar-refractivity contribution < 1.29 is 9.53 Å². The minimum Gasteiger partial charge on any atom is -0.395 e. The molecule has 1 aliphatic heterocycles. The number of anilines is 1. The number of amides is 1. The largest absolute Gasteiger partial charge is 0.395 e. The number of nitrogens with one attached hydrogen (secondary N) is 2. The fourth-order valence-corrected chi connectivity index (χ4v) is 2.26. The van der Waals surface area contributed by atoms with Gasteiger partial charge in [-0.2, -0.15) is 5.10 Å². The molecular formula is C13H22N4O2. The van der Waals surface area contributed by atoms with Crippen LogP contribution >= 0.6 is 0 Å². The number of nitrogen functional groups attached to an aromatic ring is 1. The number of aromatic amines is 1. The van der Waals surface area contributed by atoms with Crippen molar-refractivity contribution in [1.82, 2.24) is 15.5 Å². The second-order valence-electron chi connectivity index (χ2n) is 5.68. The Hall–Kier alpha value is -1.56. The van der Waals surface area contributed by atoms with Crippen molar-refractivity contribution in [3.05, 3.63) is 11.4 Å². The highest BCUT2D eigenvalue weighted by molar-refractivity contribution is 5.98. The van der Waals surface area contributed by atoms with E-state index in [0.29, 0.717) is 18.9 Å². The molecule has 1 aromatic rings. The number of nitrogens with two attached hydrogens (primary N) is 1. The lowest BCUT2D eigenvalue weighted by atomic mass is 9.92. The topological polar surface area (TPSA) is 93.0 Å². The number of nitrogens with zero attached hydrogens (tertiary/aromatic N) is 1. The van der Waals surface area contributed by atoms with Gasteiger partial charge >= 0.3 is 0 Å². The van der Waals surface area contributed by atoms with Gasteiger partial charge in [0.15, 0.2) is 5.69 Å². The molecular weight excluding hydrogens is 244 g/mol. The number of carbonyl (C=O) groups excluding carboxylic acids is 1. The zero-order valence-electron chi connectivity index (χ0n) is 11.7. The summed E-state index contributed by atoms with van der Waals surface area (Å²) in [5.74, 6) is -0.00207. The van der Waals surface area contributed by atoms with Crippen molar-refractivity contribution in [2.45, 2.75) is 45.1 Å². The first kappa shape index (κ1) is 13.9. The zero-order valence-corrected chi connectivity index (χ0v) is 11.7. The highest BCUT2D eigenvalue weighted by atomic mass is 16.5. The third kappa shape index (κ3) is 2.89. The molecule has 4 N–H and O–H groups in total. The van der Waals surface area contributed by atoms with E-state index in [-0.39, 0.29) is 23.1 Å². The van der Waals surface area contributed by atoms with Crippen LogP contribution in [0.4, 0.5) is 5.69 Å².